The molecule has 2 heterocycles. The number of hydrogen-bond acceptors (Lipinski definition) is 6. The Hall–Kier alpha value is -2.71. The van der Waals surface area contributed by atoms with Crippen LogP contribution in [0.1, 0.15) is 36.5 Å². The number of nitrogens with zero attached hydrogens (tertiary/aromatic N) is 4. The summed E-state index contributed by atoms with van der Waals surface area (Å²) in [7, 11) is 0. The molecule has 1 aromatic carbocycles. The van der Waals surface area contributed by atoms with E-state index in [9.17, 15) is 9.59 Å². The summed E-state index contributed by atoms with van der Waals surface area (Å²) in [4.78, 5) is 27.0. The molecule has 8 heteroatoms. The minimum atomic E-state index is -0.338. The van der Waals surface area contributed by atoms with Crippen molar-refractivity contribution in [3.05, 3.63) is 42.2 Å². The summed E-state index contributed by atoms with van der Waals surface area (Å²) in [6.07, 6.45) is 7.30. The van der Waals surface area contributed by atoms with Crippen LogP contribution in [0.15, 0.2) is 36.7 Å². The molecule has 2 aromatic rings. The third-order valence-electron chi connectivity index (χ3n) is 5.43. The lowest BCUT2D eigenvalue weighted by Crippen LogP contribution is -2.34. The fourth-order valence-corrected chi connectivity index (χ4v) is 3.72. The largest absolute Gasteiger partial charge is 0.494 e. The van der Waals surface area contributed by atoms with E-state index in [1.54, 1.807) is 10.9 Å². The maximum Gasteiger partial charge on any atom is 0.257 e. The van der Waals surface area contributed by atoms with E-state index in [4.69, 9.17) is 9.84 Å². The highest BCUT2D eigenvalue weighted by molar-refractivity contribution is 5.94. The lowest BCUT2D eigenvalue weighted by atomic mass is 10.2. The number of likely N-dealkylation sites (tertiary alicyclic amines) is 1. The Bertz CT molecular complexity index is 821. The highest BCUT2D eigenvalue weighted by Gasteiger charge is 2.19. The second-order valence-electron chi connectivity index (χ2n) is 7.54. The van der Waals surface area contributed by atoms with Gasteiger partial charge in [0.2, 0.25) is 0 Å². The summed E-state index contributed by atoms with van der Waals surface area (Å²) in [5.41, 5.74) is 1.16. The molecule has 0 spiro atoms. The molecule has 30 heavy (non-hydrogen) atoms. The van der Waals surface area contributed by atoms with Crippen LogP contribution in [-0.4, -0.2) is 82.3 Å². The first-order chi connectivity index (χ1) is 14.6. The van der Waals surface area contributed by atoms with E-state index in [1.807, 2.05) is 24.3 Å². The van der Waals surface area contributed by atoms with E-state index in [1.165, 1.54) is 30.5 Å². The first kappa shape index (κ1) is 22.0. The fourth-order valence-electron chi connectivity index (χ4n) is 3.72. The Morgan fingerprint density at radius 1 is 1.37 bits per heavy atom. The number of amides is 1. The van der Waals surface area contributed by atoms with Gasteiger partial charge < -0.3 is 24.4 Å². The molecule has 1 unspecified atom stereocenters. The molecule has 0 bridgehead atoms. The quantitative estimate of drug-likeness (QED) is 0.445. The van der Waals surface area contributed by atoms with Crippen LogP contribution in [0, 0.1) is 0 Å². The van der Waals surface area contributed by atoms with E-state index in [-0.39, 0.29) is 25.6 Å². The number of aliphatic hydroxyl groups excluding tert-OH is 1. The second kappa shape index (κ2) is 10.9. The van der Waals surface area contributed by atoms with Gasteiger partial charge in [0.15, 0.2) is 0 Å². The zero-order valence-corrected chi connectivity index (χ0v) is 17.4. The van der Waals surface area contributed by atoms with Crippen molar-refractivity contribution in [2.24, 2.45) is 0 Å². The molecule has 1 N–H and O–H groups in total. The topological polar surface area (TPSA) is 87.9 Å². The monoisotopic (exact) mass is 414 g/mol. The van der Waals surface area contributed by atoms with E-state index in [0.29, 0.717) is 24.5 Å². The average molecular weight is 415 g/mol. The number of carbonyl (C=O) groups is 2. The highest BCUT2D eigenvalue weighted by Crippen LogP contribution is 2.18. The average Bonchev–Trinajstić information content (AvgIpc) is 3.40. The predicted molar refractivity (Wildman–Crippen MR) is 113 cm³/mol. The third-order valence-corrected chi connectivity index (χ3v) is 5.43. The molecule has 162 valence electrons. The van der Waals surface area contributed by atoms with Gasteiger partial charge in [-0.3, -0.25) is 4.79 Å². The molecular weight excluding hydrogens is 384 g/mol. The van der Waals surface area contributed by atoms with Crippen LogP contribution >= 0.6 is 0 Å². The van der Waals surface area contributed by atoms with E-state index >= 15 is 0 Å². The number of rotatable bonds is 11. The number of hydrogen-bond donors (Lipinski definition) is 1. The summed E-state index contributed by atoms with van der Waals surface area (Å²) in [5, 5.41) is 13.3. The third kappa shape index (κ3) is 5.67. The van der Waals surface area contributed by atoms with Crippen LogP contribution in [-0.2, 0) is 4.79 Å². The van der Waals surface area contributed by atoms with Gasteiger partial charge in [-0.25, -0.2) is 4.68 Å². The fraction of sp³-hybridized carbons (Fsp3) is 0.500. The van der Waals surface area contributed by atoms with Crippen molar-refractivity contribution in [1.82, 2.24) is 19.6 Å². The minimum absolute atomic E-state index is 0.0622. The van der Waals surface area contributed by atoms with Gasteiger partial charge in [0.05, 0.1) is 37.2 Å². The molecule has 0 saturated carbocycles. The molecule has 1 atom stereocenters. The molecule has 1 aliphatic heterocycles. The van der Waals surface area contributed by atoms with Crippen molar-refractivity contribution in [3.8, 4) is 11.4 Å². The van der Waals surface area contributed by atoms with Crippen LogP contribution in [0.2, 0.25) is 0 Å². The zero-order valence-electron chi connectivity index (χ0n) is 17.4. The summed E-state index contributed by atoms with van der Waals surface area (Å²) in [6.45, 7) is 5.07. The molecule has 8 nitrogen and oxygen atoms in total. The molecule has 0 aliphatic carbocycles. The standard InChI is InChI=1S/C22H30N4O4/c1-18-4-2-9-24(18)10-3-15-30-21-7-5-20(6-8-21)26-17-19(16-23-26)22(29)25(11-13-27)12-14-28/h5-8,13,16-18,28H,2-4,9-12,14-15H2,1H3. The number of aldehydes is 1. The first-order valence-electron chi connectivity index (χ1n) is 10.5. The van der Waals surface area contributed by atoms with Gasteiger partial charge in [0.25, 0.3) is 5.91 Å². The number of aromatic nitrogens is 2. The van der Waals surface area contributed by atoms with Crippen molar-refractivity contribution < 1.29 is 19.4 Å². The number of ether oxygens (including phenoxy) is 1. The van der Waals surface area contributed by atoms with Crippen molar-refractivity contribution in [2.75, 3.05) is 39.4 Å². The number of carbonyl (C=O) groups excluding carboxylic acids is 2. The number of aliphatic hydroxyl groups is 1. The molecule has 1 saturated heterocycles. The van der Waals surface area contributed by atoms with Gasteiger partial charge >= 0.3 is 0 Å². The van der Waals surface area contributed by atoms with Crippen LogP contribution in [0.3, 0.4) is 0 Å². The van der Waals surface area contributed by atoms with Gasteiger partial charge in [0.1, 0.15) is 12.0 Å². The van der Waals surface area contributed by atoms with Crippen molar-refractivity contribution >= 4 is 12.2 Å². The molecule has 1 fully saturated rings. The smallest absolute Gasteiger partial charge is 0.257 e. The van der Waals surface area contributed by atoms with Gasteiger partial charge in [-0.1, -0.05) is 0 Å². The summed E-state index contributed by atoms with van der Waals surface area (Å²) >= 11 is 0. The maximum atomic E-state index is 12.5. The first-order valence-corrected chi connectivity index (χ1v) is 10.5. The molecule has 0 radical (unpaired) electrons. The lowest BCUT2D eigenvalue weighted by Gasteiger charge is -2.20. The SMILES string of the molecule is CC1CCCN1CCCOc1ccc(-n2cc(C(=O)N(CC=O)CCO)cn2)cc1. The van der Waals surface area contributed by atoms with Gasteiger partial charge in [-0.15, -0.1) is 0 Å². The summed E-state index contributed by atoms with van der Waals surface area (Å²) < 4.78 is 7.45. The zero-order chi connectivity index (χ0) is 21.3. The van der Waals surface area contributed by atoms with Gasteiger partial charge in [-0.05, 0) is 57.0 Å². The molecule has 1 amide bonds. The number of benzene rings is 1. The Morgan fingerprint density at radius 2 is 2.17 bits per heavy atom. The second-order valence-corrected chi connectivity index (χ2v) is 7.54. The Labute approximate surface area is 177 Å². The summed E-state index contributed by atoms with van der Waals surface area (Å²) in [6, 6.07) is 8.24. The maximum absolute atomic E-state index is 12.5. The Balaban J connectivity index is 1.52. The normalized spacial score (nSPS) is 16.5. The van der Waals surface area contributed by atoms with Crippen LogP contribution in [0.5, 0.6) is 5.75 Å². The van der Waals surface area contributed by atoms with Gasteiger partial charge in [0, 0.05) is 25.3 Å². The van der Waals surface area contributed by atoms with Crippen LogP contribution in [0.25, 0.3) is 5.69 Å². The Morgan fingerprint density at radius 3 is 2.83 bits per heavy atom. The van der Waals surface area contributed by atoms with E-state index < -0.39 is 0 Å². The lowest BCUT2D eigenvalue weighted by molar-refractivity contribution is -0.108. The van der Waals surface area contributed by atoms with Crippen molar-refractivity contribution in [2.45, 2.75) is 32.2 Å². The highest BCUT2D eigenvalue weighted by atomic mass is 16.5. The predicted octanol–water partition coefficient (Wildman–Crippen LogP) is 1.76. The van der Waals surface area contributed by atoms with Crippen LogP contribution < -0.4 is 4.74 Å². The van der Waals surface area contributed by atoms with Crippen molar-refractivity contribution in [3.63, 3.8) is 0 Å². The van der Waals surface area contributed by atoms with Gasteiger partial charge in [-0.2, -0.15) is 5.10 Å². The molecule has 1 aliphatic rings. The molecule has 3 rings (SSSR count). The molecule has 1 aromatic heterocycles. The van der Waals surface area contributed by atoms with E-state index in [0.717, 1.165) is 24.4 Å². The van der Waals surface area contributed by atoms with Crippen LogP contribution in [0.4, 0.5) is 0 Å². The van der Waals surface area contributed by atoms with E-state index in [2.05, 4.69) is 16.9 Å². The Kier molecular flexibility index (Phi) is 7.98. The summed E-state index contributed by atoms with van der Waals surface area (Å²) in [5.74, 6) is 0.464. The molecular formula is C22H30N4O4. The minimum Gasteiger partial charge on any atom is -0.494 e. The van der Waals surface area contributed by atoms with Crippen molar-refractivity contribution in [1.29, 1.82) is 0 Å².